The van der Waals surface area contributed by atoms with Gasteiger partial charge in [-0.05, 0) is 62.0 Å². The molecule has 1 saturated heterocycles. The van der Waals surface area contributed by atoms with Crippen LogP contribution >= 0.6 is 11.3 Å². The second kappa shape index (κ2) is 10.5. The van der Waals surface area contributed by atoms with Crippen LogP contribution in [0.25, 0.3) is 0 Å². The number of hydrogen-bond acceptors (Lipinski definition) is 4. The number of nitrogens with zero attached hydrogens (tertiary/aromatic N) is 1. The van der Waals surface area contributed by atoms with Gasteiger partial charge >= 0.3 is 0 Å². The first-order valence-corrected chi connectivity index (χ1v) is 10.9. The number of nitrogens with one attached hydrogen (secondary N) is 1. The van der Waals surface area contributed by atoms with Crippen molar-refractivity contribution >= 4 is 17.2 Å². The van der Waals surface area contributed by atoms with Crippen LogP contribution in [-0.2, 0) is 0 Å². The van der Waals surface area contributed by atoms with Crippen molar-refractivity contribution in [1.29, 1.82) is 0 Å². The van der Waals surface area contributed by atoms with E-state index in [2.05, 4.69) is 34.7 Å². The van der Waals surface area contributed by atoms with Gasteiger partial charge in [0.1, 0.15) is 5.75 Å². The molecule has 2 heterocycles. The van der Waals surface area contributed by atoms with E-state index in [1.807, 2.05) is 24.3 Å². The van der Waals surface area contributed by atoms with Gasteiger partial charge in [-0.25, -0.2) is 0 Å². The maximum Gasteiger partial charge on any atom is 0.251 e. The molecule has 1 aromatic carbocycles. The van der Waals surface area contributed by atoms with E-state index in [1.54, 1.807) is 11.3 Å². The van der Waals surface area contributed by atoms with Gasteiger partial charge in [-0.3, -0.25) is 9.69 Å². The SMILES string of the molecule is CCCOc1cccc(C(=O)NCC(c2cccs2)N2CCCCCC2)c1. The average molecular weight is 387 g/mol. The number of benzene rings is 1. The Labute approximate surface area is 166 Å². The van der Waals surface area contributed by atoms with Crippen molar-refractivity contribution in [2.24, 2.45) is 0 Å². The molecule has 1 aliphatic rings. The number of likely N-dealkylation sites (tertiary alicyclic amines) is 1. The maximum absolute atomic E-state index is 12.7. The number of ether oxygens (including phenoxy) is 1. The van der Waals surface area contributed by atoms with Crippen LogP contribution in [0.5, 0.6) is 5.75 Å². The van der Waals surface area contributed by atoms with Crippen molar-refractivity contribution in [3.63, 3.8) is 0 Å². The van der Waals surface area contributed by atoms with E-state index in [-0.39, 0.29) is 11.9 Å². The quantitative estimate of drug-likeness (QED) is 0.703. The molecule has 1 atom stereocenters. The Morgan fingerprint density at radius 1 is 1.19 bits per heavy atom. The van der Waals surface area contributed by atoms with E-state index >= 15 is 0 Å². The van der Waals surface area contributed by atoms with Crippen LogP contribution in [0.4, 0.5) is 0 Å². The largest absolute Gasteiger partial charge is 0.494 e. The molecule has 0 aliphatic carbocycles. The van der Waals surface area contributed by atoms with Crippen LogP contribution in [0, 0.1) is 0 Å². The number of carbonyl (C=O) groups excluding carboxylic acids is 1. The maximum atomic E-state index is 12.7. The Balaban J connectivity index is 1.65. The molecule has 1 aromatic heterocycles. The number of hydrogen-bond donors (Lipinski definition) is 1. The van der Waals surface area contributed by atoms with E-state index in [9.17, 15) is 4.79 Å². The molecular formula is C22H30N2O2S. The van der Waals surface area contributed by atoms with Gasteiger partial charge < -0.3 is 10.1 Å². The molecule has 1 unspecified atom stereocenters. The molecular weight excluding hydrogens is 356 g/mol. The predicted molar refractivity (Wildman–Crippen MR) is 112 cm³/mol. The summed E-state index contributed by atoms with van der Waals surface area (Å²) in [5.74, 6) is 0.722. The van der Waals surface area contributed by atoms with Crippen molar-refractivity contribution in [2.45, 2.75) is 45.1 Å². The third-order valence-electron chi connectivity index (χ3n) is 4.98. The number of amides is 1. The van der Waals surface area contributed by atoms with Crippen molar-refractivity contribution in [2.75, 3.05) is 26.2 Å². The Bertz CT molecular complexity index is 694. The predicted octanol–water partition coefficient (Wildman–Crippen LogP) is 4.88. The minimum atomic E-state index is -0.0340. The molecule has 27 heavy (non-hydrogen) atoms. The molecule has 2 aromatic rings. The van der Waals surface area contributed by atoms with Gasteiger partial charge in [0.15, 0.2) is 0 Å². The van der Waals surface area contributed by atoms with Gasteiger partial charge in [-0.2, -0.15) is 0 Å². The molecule has 3 rings (SSSR count). The van der Waals surface area contributed by atoms with Crippen LogP contribution in [0.3, 0.4) is 0 Å². The first-order chi connectivity index (χ1) is 13.3. The fraction of sp³-hybridized carbons (Fsp3) is 0.500. The molecule has 0 saturated carbocycles. The minimum absolute atomic E-state index is 0.0340. The van der Waals surface area contributed by atoms with Gasteiger partial charge in [0.05, 0.1) is 12.6 Å². The summed E-state index contributed by atoms with van der Waals surface area (Å²) >= 11 is 1.78. The molecule has 1 amide bonds. The fourth-order valence-electron chi connectivity index (χ4n) is 3.54. The number of rotatable bonds is 8. The average Bonchev–Trinajstić information content (AvgIpc) is 3.09. The summed E-state index contributed by atoms with van der Waals surface area (Å²) in [6, 6.07) is 12.0. The summed E-state index contributed by atoms with van der Waals surface area (Å²) in [6.07, 6.45) is 6.06. The summed E-state index contributed by atoms with van der Waals surface area (Å²) in [4.78, 5) is 16.6. The van der Waals surface area contributed by atoms with Crippen LogP contribution in [0.1, 0.15) is 60.3 Å². The second-order valence-corrected chi connectivity index (χ2v) is 8.05. The molecule has 0 spiro atoms. The Hall–Kier alpha value is -1.85. The highest BCUT2D eigenvalue weighted by atomic mass is 32.1. The van der Waals surface area contributed by atoms with E-state index < -0.39 is 0 Å². The van der Waals surface area contributed by atoms with Crippen LogP contribution in [0.15, 0.2) is 41.8 Å². The van der Waals surface area contributed by atoms with Crippen LogP contribution < -0.4 is 10.1 Å². The summed E-state index contributed by atoms with van der Waals surface area (Å²) in [5.41, 5.74) is 0.657. The van der Waals surface area contributed by atoms with Crippen molar-refractivity contribution < 1.29 is 9.53 Å². The van der Waals surface area contributed by atoms with E-state index in [0.29, 0.717) is 18.7 Å². The van der Waals surface area contributed by atoms with Gasteiger partial charge in [-0.15, -0.1) is 11.3 Å². The lowest BCUT2D eigenvalue weighted by Gasteiger charge is -2.30. The number of thiophene rings is 1. The van der Waals surface area contributed by atoms with Gasteiger partial charge in [0, 0.05) is 17.0 Å². The topological polar surface area (TPSA) is 41.6 Å². The third-order valence-corrected chi connectivity index (χ3v) is 5.95. The Morgan fingerprint density at radius 3 is 2.70 bits per heavy atom. The standard InChI is InChI=1S/C22H30N2O2S/c1-2-14-26-19-10-7-9-18(16-19)22(25)23-17-20(21-11-8-15-27-21)24-12-5-3-4-6-13-24/h7-11,15-16,20H,2-6,12-14,17H2,1H3,(H,23,25). The van der Waals surface area contributed by atoms with Gasteiger partial charge in [-0.1, -0.05) is 31.9 Å². The van der Waals surface area contributed by atoms with Gasteiger partial charge in [0.2, 0.25) is 0 Å². The lowest BCUT2D eigenvalue weighted by atomic mass is 10.1. The fourth-order valence-corrected chi connectivity index (χ4v) is 4.40. The van der Waals surface area contributed by atoms with E-state index in [1.165, 1.54) is 30.6 Å². The minimum Gasteiger partial charge on any atom is -0.494 e. The van der Waals surface area contributed by atoms with E-state index in [4.69, 9.17) is 4.74 Å². The molecule has 1 N–H and O–H groups in total. The van der Waals surface area contributed by atoms with Crippen LogP contribution in [-0.4, -0.2) is 37.0 Å². The summed E-state index contributed by atoms with van der Waals surface area (Å²) < 4.78 is 5.65. The highest BCUT2D eigenvalue weighted by Crippen LogP contribution is 2.27. The van der Waals surface area contributed by atoms with Crippen LogP contribution in [0.2, 0.25) is 0 Å². The van der Waals surface area contributed by atoms with Crippen molar-refractivity contribution in [3.05, 3.63) is 52.2 Å². The molecule has 1 aliphatic heterocycles. The summed E-state index contributed by atoms with van der Waals surface area (Å²) in [6.45, 7) is 5.60. The lowest BCUT2D eigenvalue weighted by Crippen LogP contribution is -2.38. The smallest absolute Gasteiger partial charge is 0.251 e. The monoisotopic (exact) mass is 386 g/mol. The normalized spacial score (nSPS) is 16.5. The summed E-state index contributed by atoms with van der Waals surface area (Å²) in [7, 11) is 0. The zero-order valence-corrected chi connectivity index (χ0v) is 17.0. The first-order valence-electron chi connectivity index (χ1n) is 10.1. The van der Waals surface area contributed by atoms with E-state index in [0.717, 1.165) is 25.3 Å². The molecule has 0 radical (unpaired) electrons. The van der Waals surface area contributed by atoms with Crippen molar-refractivity contribution in [3.8, 4) is 5.75 Å². The lowest BCUT2D eigenvalue weighted by molar-refractivity contribution is 0.0933. The Kier molecular flexibility index (Phi) is 7.72. The molecule has 4 nitrogen and oxygen atoms in total. The molecule has 146 valence electrons. The molecule has 5 heteroatoms. The molecule has 1 fully saturated rings. The Morgan fingerprint density at radius 2 is 2.00 bits per heavy atom. The zero-order chi connectivity index (χ0) is 18.9. The van der Waals surface area contributed by atoms with Crippen molar-refractivity contribution in [1.82, 2.24) is 10.2 Å². The third kappa shape index (κ3) is 5.81. The van der Waals surface area contributed by atoms with Gasteiger partial charge in [0.25, 0.3) is 5.91 Å². The molecule has 0 bridgehead atoms. The highest BCUT2D eigenvalue weighted by molar-refractivity contribution is 7.10. The zero-order valence-electron chi connectivity index (χ0n) is 16.2. The second-order valence-electron chi connectivity index (χ2n) is 7.07. The first kappa shape index (κ1) is 19.9. The summed E-state index contributed by atoms with van der Waals surface area (Å²) in [5, 5.41) is 5.28. The highest BCUT2D eigenvalue weighted by Gasteiger charge is 2.23. The number of carbonyl (C=O) groups is 1.